The zero-order chi connectivity index (χ0) is 24.5. The molecule has 35 heavy (non-hydrogen) atoms. The van der Waals surface area contributed by atoms with Gasteiger partial charge in [0.1, 0.15) is 5.75 Å². The maximum absolute atomic E-state index is 13.2. The number of carbonyl (C=O) groups is 1. The molecule has 2 N–H and O–H groups in total. The number of aryl methyl sites for hydroxylation is 2. The molecule has 2 aliphatic rings. The summed E-state index contributed by atoms with van der Waals surface area (Å²) in [5, 5.41) is 13.8. The number of hydrogen-bond acceptors (Lipinski definition) is 5. The van der Waals surface area contributed by atoms with Gasteiger partial charge in [-0.15, -0.1) is 0 Å². The predicted octanol–water partition coefficient (Wildman–Crippen LogP) is 4.99. The zero-order valence-electron chi connectivity index (χ0n) is 20.5. The summed E-state index contributed by atoms with van der Waals surface area (Å²) in [6.07, 6.45) is 5.93. The molecule has 2 aromatic carbocycles. The number of fused-ring (bicyclic) bond motifs is 1. The van der Waals surface area contributed by atoms with Crippen LogP contribution in [-0.4, -0.2) is 52.7 Å². The lowest BCUT2D eigenvalue weighted by atomic mass is 9.87. The Labute approximate surface area is 206 Å². The summed E-state index contributed by atoms with van der Waals surface area (Å²) in [5.41, 5.74) is 5.33. The molecule has 1 aliphatic carbocycles. The van der Waals surface area contributed by atoms with E-state index in [-0.39, 0.29) is 23.9 Å². The number of phenols is 1. The van der Waals surface area contributed by atoms with Crippen molar-refractivity contribution in [3.63, 3.8) is 0 Å². The van der Waals surface area contributed by atoms with Gasteiger partial charge >= 0.3 is 6.03 Å². The van der Waals surface area contributed by atoms with E-state index in [4.69, 9.17) is 4.42 Å². The van der Waals surface area contributed by atoms with Crippen LogP contribution in [0.15, 0.2) is 59.2 Å². The Morgan fingerprint density at radius 2 is 2.03 bits per heavy atom. The lowest BCUT2D eigenvalue weighted by Crippen LogP contribution is -2.57. The van der Waals surface area contributed by atoms with Gasteiger partial charge in [-0.2, -0.15) is 0 Å². The highest BCUT2D eigenvalue weighted by Gasteiger charge is 2.29. The van der Waals surface area contributed by atoms with Crippen molar-refractivity contribution >= 4 is 17.3 Å². The minimum Gasteiger partial charge on any atom is -0.507 e. The quantitative estimate of drug-likeness (QED) is 0.559. The van der Waals surface area contributed by atoms with E-state index >= 15 is 0 Å². The third kappa shape index (κ3) is 4.63. The second-order valence-electron chi connectivity index (χ2n) is 9.46. The van der Waals surface area contributed by atoms with Crippen LogP contribution in [0.1, 0.15) is 37.3 Å². The Morgan fingerprint density at radius 3 is 2.77 bits per heavy atom. The van der Waals surface area contributed by atoms with E-state index < -0.39 is 0 Å². The summed E-state index contributed by atoms with van der Waals surface area (Å²) < 4.78 is 5.55. The van der Waals surface area contributed by atoms with Gasteiger partial charge in [0.05, 0.1) is 17.8 Å². The number of allylic oxidation sites excluding steroid dienone is 1. The van der Waals surface area contributed by atoms with E-state index in [0.717, 1.165) is 18.5 Å². The summed E-state index contributed by atoms with van der Waals surface area (Å²) in [6.45, 7) is 7.90. The molecule has 7 nitrogen and oxygen atoms in total. The maximum atomic E-state index is 13.2. The minimum absolute atomic E-state index is 0.0299. The zero-order valence-corrected chi connectivity index (χ0v) is 20.5. The van der Waals surface area contributed by atoms with Crippen molar-refractivity contribution in [3.8, 4) is 17.1 Å². The Hall–Kier alpha value is -3.74. The van der Waals surface area contributed by atoms with Crippen LogP contribution < -0.4 is 10.2 Å². The van der Waals surface area contributed by atoms with Crippen molar-refractivity contribution in [1.29, 1.82) is 0 Å². The fraction of sp³-hybridized carbons (Fsp3) is 0.357. The van der Waals surface area contributed by atoms with E-state index in [0.29, 0.717) is 36.8 Å². The molecule has 2 amide bonds. The second-order valence-corrected chi connectivity index (χ2v) is 9.46. The molecule has 2 heterocycles. The van der Waals surface area contributed by atoms with Gasteiger partial charge in [0, 0.05) is 44.4 Å². The van der Waals surface area contributed by atoms with Crippen molar-refractivity contribution in [1.82, 2.24) is 15.2 Å². The molecule has 0 bridgehead atoms. The molecule has 0 saturated carbocycles. The average molecular weight is 473 g/mol. The topological polar surface area (TPSA) is 81.8 Å². The molecule has 1 saturated heterocycles. The molecular weight excluding hydrogens is 440 g/mol. The van der Waals surface area contributed by atoms with E-state index in [2.05, 4.69) is 59.4 Å². The van der Waals surface area contributed by atoms with Crippen LogP contribution in [0, 0.1) is 6.92 Å². The van der Waals surface area contributed by atoms with Crippen LogP contribution in [0.3, 0.4) is 0 Å². The Balaban J connectivity index is 1.22. The number of urea groups is 1. The molecule has 2 atom stereocenters. The monoisotopic (exact) mass is 472 g/mol. The van der Waals surface area contributed by atoms with Crippen LogP contribution in [0.25, 0.3) is 16.9 Å². The number of oxazole rings is 1. The van der Waals surface area contributed by atoms with E-state index in [1.54, 1.807) is 19.2 Å². The van der Waals surface area contributed by atoms with Gasteiger partial charge in [0.25, 0.3) is 0 Å². The molecule has 3 aromatic rings. The van der Waals surface area contributed by atoms with Crippen molar-refractivity contribution in [3.05, 3.63) is 71.8 Å². The number of nitrogens with zero attached hydrogens (tertiary/aromatic N) is 3. The first-order valence-corrected chi connectivity index (χ1v) is 12.3. The molecule has 0 spiro atoms. The fourth-order valence-corrected chi connectivity index (χ4v) is 5.17. The molecule has 182 valence electrons. The van der Waals surface area contributed by atoms with Gasteiger partial charge in [0.15, 0.2) is 11.7 Å². The lowest BCUT2D eigenvalue weighted by Gasteiger charge is -2.41. The Kier molecular flexibility index (Phi) is 6.24. The average Bonchev–Trinajstić information content (AvgIpc) is 3.29. The van der Waals surface area contributed by atoms with E-state index in [1.807, 2.05) is 17.0 Å². The van der Waals surface area contributed by atoms with Crippen molar-refractivity contribution in [2.45, 2.75) is 45.7 Å². The minimum atomic E-state index is -0.0570. The summed E-state index contributed by atoms with van der Waals surface area (Å²) >= 11 is 0. The molecule has 1 aromatic heterocycles. The maximum Gasteiger partial charge on any atom is 0.318 e. The summed E-state index contributed by atoms with van der Waals surface area (Å²) in [5.74, 6) is 1.26. The van der Waals surface area contributed by atoms with Crippen LogP contribution in [0.5, 0.6) is 5.75 Å². The lowest BCUT2D eigenvalue weighted by molar-refractivity contribution is 0.170. The molecule has 1 aliphatic heterocycles. The molecule has 1 fully saturated rings. The number of nitrogens with one attached hydrogen (secondary N) is 1. The first-order valence-electron chi connectivity index (χ1n) is 12.3. The van der Waals surface area contributed by atoms with Crippen LogP contribution >= 0.6 is 0 Å². The Morgan fingerprint density at radius 1 is 1.20 bits per heavy atom. The third-order valence-electron chi connectivity index (χ3n) is 7.03. The standard InChI is InChI=1S/C28H32N4O3/c1-18-17-31(22-11-12-25(26(33)15-22)27-16-29-20(3)35-27)13-14-32(18)28(34)30-19(2)23-10-6-8-21-7-4-5-9-24(21)23/h4-5,7,9-12,15-16,18-19,33H,6,8,13-14,17H2,1-3H3,(H,30,34)/t18-,19-/m0/s1. The largest absolute Gasteiger partial charge is 0.507 e. The number of aromatic nitrogens is 1. The number of phenolic OH excluding ortho intramolecular Hbond substituents is 1. The van der Waals surface area contributed by atoms with Crippen LogP contribution in [0.4, 0.5) is 10.5 Å². The van der Waals surface area contributed by atoms with Crippen molar-refractivity contribution in [2.24, 2.45) is 0 Å². The first-order chi connectivity index (χ1) is 16.9. The number of benzene rings is 2. The number of aromatic hydroxyl groups is 1. The van der Waals surface area contributed by atoms with Crippen LogP contribution in [-0.2, 0) is 6.42 Å². The normalized spacial score (nSPS) is 18.6. The summed E-state index contributed by atoms with van der Waals surface area (Å²) in [6, 6.07) is 14.0. The highest BCUT2D eigenvalue weighted by molar-refractivity contribution is 5.81. The van der Waals surface area contributed by atoms with Crippen molar-refractivity contribution in [2.75, 3.05) is 24.5 Å². The second kappa shape index (κ2) is 9.49. The van der Waals surface area contributed by atoms with Crippen molar-refractivity contribution < 1.29 is 14.3 Å². The van der Waals surface area contributed by atoms with Gasteiger partial charge in [-0.05, 0) is 55.5 Å². The smallest absolute Gasteiger partial charge is 0.318 e. The fourth-order valence-electron chi connectivity index (χ4n) is 5.17. The molecule has 0 radical (unpaired) electrons. The van der Waals surface area contributed by atoms with Crippen LogP contribution in [0.2, 0.25) is 0 Å². The van der Waals surface area contributed by atoms with E-state index in [1.165, 1.54) is 16.7 Å². The SMILES string of the molecule is Cc1ncc(-c2ccc(N3CCN(C(=O)N[C@@H](C)C4=CCCc5ccccc54)[C@@H](C)C3)cc2O)o1. The summed E-state index contributed by atoms with van der Waals surface area (Å²) in [4.78, 5) is 21.4. The number of anilines is 1. The van der Waals surface area contributed by atoms with Gasteiger partial charge in [-0.3, -0.25) is 0 Å². The number of rotatable bonds is 4. The number of amides is 2. The number of piperazine rings is 1. The third-order valence-corrected chi connectivity index (χ3v) is 7.03. The highest BCUT2D eigenvalue weighted by Crippen LogP contribution is 2.34. The molecular formula is C28H32N4O3. The molecule has 5 rings (SSSR count). The van der Waals surface area contributed by atoms with Gasteiger partial charge < -0.3 is 24.6 Å². The predicted molar refractivity (Wildman–Crippen MR) is 137 cm³/mol. The van der Waals surface area contributed by atoms with Gasteiger partial charge in [-0.1, -0.05) is 30.3 Å². The molecule has 7 heteroatoms. The molecule has 0 unspecified atom stereocenters. The first kappa shape index (κ1) is 23.0. The Bertz CT molecular complexity index is 1260. The highest BCUT2D eigenvalue weighted by atomic mass is 16.4. The number of hydrogen-bond donors (Lipinski definition) is 2. The number of carbonyl (C=O) groups excluding carboxylic acids is 1. The van der Waals surface area contributed by atoms with Gasteiger partial charge in [0.2, 0.25) is 0 Å². The van der Waals surface area contributed by atoms with Gasteiger partial charge in [-0.25, -0.2) is 9.78 Å². The van der Waals surface area contributed by atoms with E-state index in [9.17, 15) is 9.90 Å². The summed E-state index contributed by atoms with van der Waals surface area (Å²) in [7, 11) is 0.